The van der Waals surface area contributed by atoms with Crippen LogP contribution in [0.5, 0.6) is 5.75 Å². The van der Waals surface area contributed by atoms with Gasteiger partial charge in [-0.15, -0.1) is 24.0 Å². The number of hydrogen-bond donors (Lipinski definition) is 2. The van der Waals surface area contributed by atoms with Gasteiger partial charge in [-0.2, -0.15) is 0 Å². The molecule has 5 nitrogen and oxygen atoms in total. The van der Waals surface area contributed by atoms with E-state index >= 15 is 0 Å². The minimum atomic E-state index is 0. The van der Waals surface area contributed by atoms with Crippen LogP contribution in [-0.4, -0.2) is 42.6 Å². The fraction of sp³-hybridized carbons (Fsp3) is 0.500. The molecule has 1 atom stereocenters. The van der Waals surface area contributed by atoms with Crippen LogP contribution >= 0.6 is 24.0 Å². The van der Waals surface area contributed by atoms with Crippen molar-refractivity contribution in [2.45, 2.75) is 26.2 Å². The molecule has 1 fully saturated rings. The first-order valence-corrected chi connectivity index (χ1v) is 8.37. The molecule has 6 heteroatoms. The van der Waals surface area contributed by atoms with Crippen molar-refractivity contribution in [1.82, 2.24) is 9.88 Å². The van der Waals surface area contributed by atoms with Crippen molar-refractivity contribution in [2.75, 3.05) is 26.7 Å². The zero-order valence-corrected chi connectivity index (χ0v) is 16.7. The molecule has 1 aliphatic rings. The molecule has 24 heavy (non-hydrogen) atoms. The smallest absolute Gasteiger partial charge is 0.191 e. The third kappa shape index (κ3) is 4.15. The van der Waals surface area contributed by atoms with Gasteiger partial charge in [0, 0.05) is 36.7 Å². The number of aromatic nitrogens is 1. The Balaban J connectivity index is 0.00000208. The molecule has 1 aromatic carbocycles. The zero-order chi connectivity index (χ0) is 16.2. The van der Waals surface area contributed by atoms with Gasteiger partial charge in [0.15, 0.2) is 5.96 Å². The van der Waals surface area contributed by atoms with E-state index in [1.165, 1.54) is 18.4 Å². The van der Waals surface area contributed by atoms with Crippen LogP contribution in [0.1, 0.15) is 25.3 Å². The Morgan fingerprint density at radius 1 is 1.46 bits per heavy atom. The Hall–Kier alpha value is -1.44. The lowest BCUT2D eigenvalue weighted by atomic mass is 10.0. The average molecular weight is 442 g/mol. The molecule has 0 aliphatic carbocycles. The number of aliphatic imine (C=N–C) groups is 1. The SMILES string of the molecule is COc1cccc2[nH]cc(CCN=C(N)N3CCCC(C)C3)c12.I. The molecular formula is C18H27IN4O. The van der Waals surface area contributed by atoms with Gasteiger partial charge >= 0.3 is 0 Å². The number of fused-ring (bicyclic) bond motifs is 1. The van der Waals surface area contributed by atoms with E-state index < -0.39 is 0 Å². The Labute approximate surface area is 160 Å². The van der Waals surface area contributed by atoms with E-state index in [1.54, 1.807) is 7.11 Å². The molecule has 2 heterocycles. The molecule has 0 spiro atoms. The summed E-state index contributed by atoms with van der Waals surface area (Å²) in [5.41, 5.74) is 8.48. The van der Waals surface area contributed by atoms with Crippen molar-refractivity contribution in [2.24, 2.45) is 16.6 Å². The van der Waals surface area contributed by atoms with Gasteiger partial charge in [0.2, 0.25) is 0 Å². The van der Waals surface area contributed by atoms with Crippen LogP contribution in [0, 0.1) is 5.92 Å². The van der Waals surface area contributed by atoms with Gasteiger partial charge in [0.05, 0.1) is 7.11 Å². The Bertz CT molecular complexity index is 697. The summed E-state index contributed by atoms with van der Waals surface area (Å²) in [7, 11) is 1.71. The molecule has 3 N–H and O–H groups in total. The summed E-state index contributed by atoms with van der Waals surface area (Å²) in [6, 6.07) is 6.05. The molecule has 1 aromatic heterocycles. The second-order valence-corrected chi connectivity index (χ2v) is 6.38. The Kier molecular flexibility index (Phi) is 6.77. The molecule has 0 saturated carbocycles. The van der Waals surface area contributed by atoms with Crippen LogP contribution in [0.25, 0.3) is 10.9 Å². The summed E-state index contributed by atoms with van der Waals surface area (Å²) in [5, 5.41) is 1.15. The van der Waals surface area contributed by atoms with Crippen molar-refractivity contribution < 1.29 is 4.74 Å². The molecule has 1 aliphatic heterocycles. The summed E-state index contributed by atoms with van der Waals surface area (Å²) in [6.07, 6.45) is 5.39. The van der Waals surface area contributed by atoms with Crippen LogP contribution < -0.4 is 10.5 Å². The van der Waals surface area contributed by atoms with Crippen molar-refractivity contribution in [1.29, 1.82) is 0 Å². The minimum absolute atomic E-state index is 0. The van der Waals surface area contributed by atoms with E-state index in [-0.39, 0.29) is 24.0 Å². The molecule has 1 saturated heterocycles. The van der Waals surface area contributed by atoms with Gasteiger partial charge in [-0.3, -0.25) is 4.99 Å². The highest BCUT2D eigenvalue weighted by atomic mass is 127. The molecule has 2 aromatic rings. The van der Waals surface area contributed by atoms with Crippen LogP contribution in [-0.2, 0) is 6.42 Å². The number of ether oxygens (including phenoxy) is 1. The fourth-order valence-electron chi connectivity index (χ4n) is 3.38. The summed E-state index contributed by atoms with van der Waals surface area (Å²) in [5.74, 6) is 2.29. The summed E-state index contributed by atoms with van der Waals surface area (Å²) in [4.78, 5) is 10.1. The summed E-state index contributed by atoms with van der Waals surface area (Å²) < 4.78 is 5.47. The molecule has 132 valence electrons. The number of rotatable bonds is 4. The molecule has 0 radical (unpaired) electrons. The van der Waals surface area contributed by atoms with Crippen molar-refractivity contribution in [3.8, 4) is 5.75 Å². The normalized spacial score (nSPS) is 18.5. The topological polar surface area (TPSA) is 66.6 Å². The quantitative estimate of drug-likeness (QED) is 0.434. The number of piperidine rings is 1. The third-order valence-corrected chi connectivity index (χ3v) is 4.61. The zero-order valence-electron chi connectivity index (χ0n) is 14.4. The number of methoxy groups -OCH3 is 1. The standard InChI is InChI=1S/C18H26N4O.HI/c1-13-5-4-10-22(12-13)18(19)20-9-8-14-11-21-15-6-3-7-16(23-2)17(14)15;/h3,6-7,11,13,21H,4-5,8-10,12H2,1-2H3,(H2,19,20);1H. The number of nitrogens with zero attached hydrogens (tertiary/aromatic N) is 2. The first kappa shape index (κ1) is 18.9. The van der Waals surface area contributed by atoms with Crippen LogP contribution in [0.2, 0.25) is 0 Å². The summed E-state index contributed by atoms with van der Waals surface area (Å²) in [6.45, 7) is 5.02. The number of nitrogens with one attached hydrogen (secondary N) is 1. The number of hydrogen-bond acceptors (Lipinski definition) is 2. The van der Waals surface area contributed by atoms with Crippen molar-refractivity contribution in [3.05, 3.63) is 30.0 Å². The second kappa shape index (κ2) is 8.60. The van der Waals surface area contributed by atoms with Gasteiger partial charge in [0.25, 0.3) is 0 Å². The Morgan fingerprint density at radius 2 is 2.29 bits per heavy atom. The number of benzene rings is 1. The molecular weight excluding hydrogens is 415 g/mol. The van der Waals surface area contributed by atoms with Gasteiger partial charge in [0.1, 0.15) is 5.75 Å². The predicted octanol–water partition coefficient (Wildman–Crippen LogP) is 3.38. The van der Waals surface area contributed by atoms with E-state index in [9.17, 15) is 0 Å². The van der Waals surface area contributed by atoms with E-state index in [0.29, 0.717) is 18.4 Å². The summed E-state index contributed by atoms with van der Waals surface area (Å²) >= 11 is 0. The largest absolute Gasteiger partial charge is 0.496 e. The number of halogens is 1. The number of likely N-dealkylation sites (tertiary alicyclic amines) is 1. The minimum Gasteiger partial charge on any atom is -0.496 e. The average Bonchev–Trinajstić information content (AvgIpc) is 2.98. The number of aromatic amines is 1. The van der Waals surface area contributed by atoms with E-state index in [1.807, 2.05) is 18.3 Å². The van der Waals surface area contributed by atoms with Crippen molar-refractivity contribution in [3.63, 3.8) is 0 Å². The third-order valence-electron chi connectivity index (χ3n) is 4.61. The maximum Gasteiger partial charge on any atom is 0.191 e. The monoisotopic (exact) mass is 442 g/mol. The fourth-order valence-corrected chi connectivity index (χ4v) is 3.38. The van der Waals surface area contributed by atoms with E-state index in [4.69, 9.17) is 10.5 Å². The van der Waals surface area contributed by atoms with Crippen LogP contribution in [0.4, 0.5) is 0 Å². The number of guanidine groups is 1. The van der Waals surface area contributed by atoms with Gasteiger partial charge < -0.3 is 20.4 Å². The van der Waals surface area contributed by atoms with Crippen molar-refractivity contribution >= 4 is 40.8 Å². The molecule has 0 bridgehead atoms. The first-order chi connectivity index (χ1) is 11.2. The number of H-pyrrole nitrogens is 1. The predicted molar refractivity (Wildman–Crippen MR) is 110 cm³/mol. The first-order valence-electron chi connectivity index (χ1n) is 8.37. The van der Waals surface area contributed by atoms with Crippen LogP contribution in [0.15, 0.2) is 29.4 Å². The highest BCUT2D eigenvalue weighted by molar-refractivity contribution is 14.0. The Morgan fingerprint density at radius 3 is 3.04 bits per heavy atom. The lowest BCUT2D eigenvalue weighted by molar-refractivity contribution is 0.270. The lowest BCUT2D eigenvalue weighted by Crippen LogP contribution is -2.43. The van der Waals surface area contributed by atoms with Gasteiger partial charge in [-0.1, -0.05) is 13.0 Å². The maximum absolute atomic E-state index is 6.16. The molecule has 0 amide bonds. The van der Waals surface area contributed by atoms with E-state index in [2.05, 4.69) is 27.9 Å². The highest BCUT2D eigenvalue weighted by Crippen LogP contribution is 2.28. The maximum atomic E-state index is 6.16. The van der Waals surface area contributed by atoms with Gasteiger partial charge in [-0.25, -0.2) is 0 Å². The second-order valence-electron chi connectivity index (χ2n) is 6.38. The van der Waals surface area contributed by atoms with Crippen LogP contribution in [0.3, 0.4) is 0 Å². The molecule has 3 rings (SSSR count). The number of nitrogens with two attached hydrogens (primary N) is 1. The highest BCUT2D eigenvalue weighted by Gasteiger charge is 2.17. The lowest BCUT2D eigenvalue weighted by Gasteiger charge is -2.31. The van der Waals surface area contributed by atoms with Gasteiger partial charge in [-0.05, 0) is 42.9 Å². The van der Waals surface area contributed by atoms with E-state index in [0.717, 1.165) is 36.2 Å². The molecule has 1 unspecified atom stereocenters.